The monoisotopic (exact) mass is 220 g/mol. The van der Waals surface area contributed by atoms with Crippen molar-refractivity contribution in [2.24, 2.45) is 0 Å². The first-order valence-corrected chi connectivity index (χ1v) is 5.06. The van der Waals surface area contributed by atoms with Gasteiger partial charge in [-0.2, -0.15) is 0 Å². The molecule has 0 amide bonds. The Kier molecular flexibility index (Phi) is 2.90. The fourth-order valence-electron chi connectivity index (χ4n) is 1.79. The summed E-state index contributed by atoms with van der Waals surface area (Å²) in [5.41, 5.74) is 1.44. The van der Waals surface area contributed by atoms with E-state index >= 15 is 0 Å². The van der Waals surface area contributed by atoms with Gasteiger partial charge in [0.1, 0.15) is 18.1 Å². The Hall–Kier alpha value is -1.84. The van der Waals surface area contributed by atoms with Crippen LogP contribution in [0, 0.1) is 0 Å². The summed E-state index contributed by atoms with van der Waals surface area (Å²) in [6.45, 7) is 0. The molecule has 0 aromatic heterocycles. The molecule has 1 aliphatic heterocycles. The third-order valence-corrected chi connectivity index (χ3v) is 2.62. The van der Waals surface area contributed by atoms with Crippen molar-refractivity contribution in [3.05, 3.63) is 29.3 Å². The minimum absolute atomic E-state index is 0.247. The van der Waals surface area contributed by atoms with Crippen LogP contribution in [-0.2, 0) is 16.0 Å². The molecule has 1 unspecified atom stereocenters. The van der Waals surface area contributed by atoms with Gasteiger partial charge in [0.15, 0.2) is 0 Å². The Morgan fingerprint density at radius 2 is 2.38 bits per heavy atom. The number of benzene rings is 1. The molecule has 1 aromatic rings. The molecule has 2 rings (SSSR count). The van der Waals surface area contributed by atoms with Crippen molar-refractivity contribution in [3.8, 4) is 5.75 Å². The molecule has 84 valence electrons. The molecule has 0 fully saturated rings. The predicted octanol–water partition coefficient (Wildman–Crippen LogP) is 1.37. The largest absolute Gasteiger partial charge is 0.497 e. The van der Waals surface area contributed by atoms with Gasteiger partial charge in [-0.3, -0.25) is 0 Å². The average Bonchev–Trinajstić information content (AvgIpc) is 2.29. The van der Waals surface area contributed by atoms with Crippen molar-refractivity contribution in [2.75, 3.05) is 7.11 Å². The molecular formula is C12H12O4. The molecule has 1 heterocycles. The van der Waals surface area contributed by atoms with Crippen molar-refractivity contribution in [1.82, 2.24) is 0 Å². The zero-order valence-electron chi connectivity index (χ0n) is 8.93. The van der Waals surface area contributed by atoms with Crippen molar-refractivity contribution in [2.45, 2.75) is 18.9 Å². The van der Waals surface area contributed by atoms with Crippen molar-refractivity contribution < 1.29 is 19.1 Å². The smallest absolute Gasteiger partial charge is 0.338 e. The lowest BCUT2D eigenvalue weighted by Gasteiger charge is -2.23. The van der Waals surface area contributed by atoms with Crippen LogP contribution in [0.4, 0.5) is 0 Å². The second-order valence-corrected chi connectivity index (χ2v) is 3.66. The van der Waals surface area contributed by atoms with Gasteiger partial charge >= 0.3 is 5.97 Å². The summed E-state index contributed by atoms with van der Waals surface area (Å²) in [5.74, 6) is 0.247. The summed E-state index contributed by atoms with van der Waals surface area (Å²) in [5, 5.41) is 0. The SMILES string of the molecule is COc1ccc2c(c1)C(=O)OC(CC=O)C2. The zero-order chi connectivity index (χ0) is 11.5. The third kappa shape index (κ3) is 1.91. The Morgan fingerprint density at radius 3 is 3.06 bits per heavy atom. The molecule has 0 N–H and O–H groups in total. The van der Waals surface area contributed by atoms with E-state index in [0.29, 0.717) is 17.7 Å². The quantitative estimate of drug-likeness (QED) is 0.570. The summed E-state index contributed by atoms with van der Waals surface area (Å²) in [4.78, 5) is 22.0. The summed E-state index contributed by atoms with van der Waals surface area (Å²) in [7, 11) is 1.55. The van der Waals surface area contributed by atoms with E-state index in [4.69, 9.17) is 9.47 Å². The summed E-state index contributed by atoms with van der Waals surface area (Å²) in [6, 6.07) is 5.30. The summed E-state index contributed by atoms with van der Waals surface area (Å²) in [6.07, 6.45) is 1.28. The molecule has 1 aromatic carbocycles. The van der Waals surface area contributed by atoms with Crippen LogP contribution in [0.1, 0.15) is 22.3 Å². The Morgan fingerprint density at radius 1 is 1.56 bits per heavy atom. The highest BCUT2D eigenvalue weighted by Crippen LogP contribution is 2.25. The van der Waals surface area contributed by atoms with Gasteiger partial charge in [-0.25, -0.2) is 4.79 Å². The van der Waals surface area contributed by atoms with E-state index in [1.807, 2.05) is 6.07 Å². The zero-order valence-corrected chi connectivity index (χ0v) is 8.93. The van der Waals surface area contributed by atoms with Crippen LogP contribution in [0.25, 0.3) is 0 Å². The van der Waals surface area contributed by atoms with Crippen LogP contribution in [0.5, 0.6) is 5.75 Å². The van der Waals surface area contributed by atoms with Crippen molar-refractivity contribution in [1.29, 1.82) is 0 Å². The average molecular weight is 220 g/mol. The standard InChI is InChI=1S/C12H12O4/c1-15-9-3-2-8-6-10(4-5-13)16-12(14)11(8)7-9/h2-3,5,7,10H,4,6H2,1H3. The lowest BCUT2D eigenvalue weighted by molar-refractivity contribution is -0.109. The summed E-state index contributed by atoms with van der Waals surface area (Å²) < 4.78 is 10.2. The van der Waals surface area contributed by atoms with Crippen LogP contribution < -0.4 is 4.74 Å². The molecular weight excluding hydrogens is 208 g/mol. The lowest BCUT2D eigenvalue weighted by Crippen LogP contribution is -2.27. The molecule has 0 saturated heterocycles. The predicted molar refractivity (Wildman–Crippen MR) is 56.6 cm³/mol. The number of rotatable bonds is 3. The van der Waals surface area contributed by atoms with E-state index in [9.17, 15) is 9.59 Å². The highest BCUT2D eigenvalue weighted by atomic mass is 16.5. The molecule has 0 bridgehead atoms. The maximum absolute atomic E-state index is 11.6. The van der Waals surface area contributed by atoms with Gasteiger partial charge in [-0.1, -0.05) is 6.07 Å². The van der Waals surface area contributed by atoms with Crippen molar-refractivity contribution >= 4 is 12.3 Å². The lowest BCUT2D eigenvalue weighted by atomic mass is 9.97. The molecule has 0 spiro atoms. The molecule has 1 aliphatic rings. The maximum atomic E-state index is 11.6. The minimum Gasteiger partial charge on any atom is -0.497 e. The van der Waals surface area contributed by atoms with E-state index in [0.717, 1.165) is 11.8 Å². The molecule has 1 atom stereocenters. The topological polar surface area (TPSA) is 52.6 Å². The number of ether oxygens (including phenoxy) is 2. The van der Waals surface area contributed by atoms with Gasteiger partial charge in [0.25, 0.3) is 0 Å². The highest BCUT2D eigenvalue weighted by molar-refractivity contribution is 5.92. The van der Waals surface area contributed by atoms with Gasteiger partial charge in [0.2, 0.25) is 0 Å². The van der Waals surface area contributed by atoms with Crippen LogP contribution in [0.2, 0.25) is 0 Å². The van der Waals surface area contributed by atoms with Crippen LogP contribution >= 0.6 is 0 Å². The number of hydrogen-bond acceptors (Lipinski definition) is 4. The van der Waals surface area contributed by atoms with E-state index in [1.54, 1.807) is 19.2 Å². The highest BCUT2D eigenvalue weighted by Gasteiger charge is 2.26. The number of methoxy groups -OCH3 is 1. The van der Waals surface area contributed by atoms with Crippen LogP contribution in [0.15, 0.2) is 18.2 Å². The molecule has 16 heavy (non-hydrogen) atoms. The summed E-state index contributed by atoms with van der Waals surface area (Å²) >= 11 is 0. The molecule has 4 heteroatoms. The Balaban J connectivity index is 2.30. The molecule has 0 saturated carbocycles. The number of aldehydes is 1. The third-order valence-electron chi connectivity index (χ3n) is 2.62. The second kappa shape index (κ2) is 4.35. The van der Waals surface area contributed by atoms with E-state index in [2.05, 4.69) is 0 Å². The van der Waals surface area contributed by atoms with E-state index in [1.165, 1.54) is 0 Å². The van der Waals surface area contributed by atoms with E-state index < -0.39 is 0 Å². The first-order chi connectivity index (χ1) is 7.74. The Bertz CT molecular complexity index is 425. The number of cyclic esters (lactones) is 1. The number of carbonyl (C=O) groups is 2. The Labute approximate surface area is 93.2 Å². The fraction of sp³-hybridized carbons (Fsp3) is 0.333. The normalized spacial score (nSPS) is 18.6. The van der Waals surface area contributed by atoms with Gasteiger partial charge < -0.3 is 14.3 Å². The van der Waals surface area contributed by atoms with Gasteiger partial charge in [-0.05, 0) is 17.7 Å². The first kappa shape index (κ1) is 10.7. The van der Waals surface area contributed by atoms with Gasteiger partial charge in [0, 0.05) is 12.8 Å². The number of hydrogen-bond donors (Lipinski definition) is 0. The van der Waals surface area contributed by atoms with Crippen molar-refractivity contribution in [3.63, 3.8) is 0 Å². The molecule has 0 radical (unpaired) electrons. The van der Waals surface area contributed by atoms with Crippen LogP contribution in [0.3, 0.4) is 0 Å². The maximum Gasteiger partial charge on any atom is 0.338 e. The van der Waals surface area contributed by atoms with E-state index in [-0.39, 0.29) is 18.5 Å². The fourth-order valence-corrected chi connectivity index (χ4v) is 1.79. The second-order valence-electron chi connectivity index (χ2n) is 3.66. The molecule has 0 aliphatic carbocycles. The number of fused-ring (bicyclic) bond motifs is 1. The van der Waals surface area contributed by atoms with Gasteiger partial charge in [-0.15, -0.1) is 0 Å². The molecule has 4 nitrogen and oxygen atoms in total. The number of esters is 1. The van der Waals surface area contributed by atoms with Crippen LogP contribution in [-0.4, -0.2) is 25.5 Å². The minimum atomic E-state index is -0.382. The number of carbonyl (C=O) groups excluding carboxylic acids is 2. The first-order valence-electron chi connectivity index (χ1n) is 5.06. The van der Waals surface area contributed by atoms with Gasteiger partial charge in [0.05, 0.1) is 12.7 Å².